The predicted molar refractivity (Wildman–Crippen MR) is 70.2 cm³/mol. The highest BCUT2D eigenvalue weighted by molar-refractivity contribution is 6.41. The number of halogens is 2. The highest BCUT2D eigenvalue weighted by atomic mass is 35.5. The summed E-state index contributed by atoms with van der Waals surface area (Å²) in [6, 6.07) is 9.56. The van der Waals surface area contributed by atoms with Crippen LogP contribution in [0.15, 0.2) is 41.3 Å². The molecule has 1 heterocycles. The van der Waals surface area contributed by atoms with Crippen LogP contribution in [0.5, 0.6) is 0 Å². The molecular formula is C12H8Cl2N2O. The highest BCUT2D eigenvalue weighted by Gasteiger charge is 2.04. The molecule has 1 aromatic carbocycles. The molecular weight excluding hydrogens is 259 g/mol. The summed E-state index contributed by atoms with van der Waals surface area (Å²) in [6.07, 6.45) is 4.64. The topological polar surface area (TPSA) is 34.9 Å². The van der Waals surface area contributed by atoms with Gasteiger partial charge in [0, 0.05) is 6.20 Å². The maximum Gasteiger partial charge on any atom is 0.291 e. The third-order valence-electron chi connectivity index (χ3n) is 2.11. The lowest BCUT2D eigenvalue weighted by Gasteiger charge is -1.99. The SMILES string of the molecule is O=c1c(Cl)c(Cl)cnn1C=Cc1ccccc1. The van der Waals surface area contributed by atoms with Crippen LogP contribution in [0.1, 0.15) is 5.56 Å². The van der Waals surface area contributed by atoms with E-state index in [1.807, 2.05) is 30.3 Å². The highest BCUT2D eigenvalue weighted by Crippen LogP contribution is 2.14. The molecule has 0 radical (unpaired) electrons. The molecule has 0 saturated heterocycles. The standard InChI is InChI=1S/C12H8Cl2N2O/c13-10-8-15-16(12(17)11(10)14)7-6-9-4-2-1-3-5-9/h1-8H. The van der Waals surface area contributed by atoms with Gasteiger partial charge in [0.2, 0.25) is 0 Å². The second-order valence-corrected chi connectivity index (χ2v) is 4.07. The summed E-state index contributed by atoms with van der Waals surface area (Å²) in [4.78, 5) is 11.6. The Morgan fingerprint density at radius 2 is 1.88 bits per heavy atom. The van der Waals surface area contributed by atoms with Gasteiger partial charge < -0.3 is 0 Å². The van der Waals surface area contributed by atoms with Crippen LogP contribution in [-0.2, 0) is 0 Å². The number of aromatic nitrogens is 2. The van der Waals surface area contributed by atoms with E-state index >= 15 is 0 Å². The first-order valence-corrected chi connectivity index (χ1v) is 5.60. The maximum atomic E-state index is 11.6. The molecule has 3 nitrogen and oxygen atoms in total. The lowest BCUT2D eigenvalue weighted by molar-refractivity contribution is 0.855. The molecule has 0 fully saturated rings. The van der Waals surface area contributed by atoms with Gasteiger partial charge in [-0.2, -0.15) is 5.10 Å². The Hall–Kier alpha value is -1.58. The van der Waals surface area contributed by atoms with Crippen molar-refractivity contribution in [2.45, 2.75) is 0 Å². The molecule has 5 heteroatoms. The van der Waals surface area contributed by atoms with E-state index < -0.39 is 5.56 Å². The fraction of sp³-hybridized carbons (Fsp3) is 0. The quantitative estimate of drug-likeness (QED) is 0.837. The summed E-state index contributed by atoms with van der Waals surface area (Å²) in [5, 5.41) is 3.98. The molecule has 2 rings (SSSR count). The summed E-state index contributed by atoms with van der Waals surface area (Å²) in [5.41, 5.74) is 0.527. The Bertz CT molecular complexity index is 606. The van der Waals surface area contributed by atoms with Crippen LogP contribution in [0, 0.1) is 0 Å². The maximum absolute atomic E-state index is 11.6. The molecule has 0 saturated carbocycles. The van der Waals surface area contributed by atoms with Gasteiger partial charge in [-0.1, -0.05) is 53.5 Å². The fourth-order valence-electron chi connectivity index (χ4n) is 1.25. The minimum absolute atomic E-state index is 0.0284. The van der Waals surface area contributed by atoms with Gasteiger partial charge in [-0.3, -0.25) is 4.79 Å². The van der Waals surface area contributed by atoms with Crippen LogP contribution in [0.4, 0.5) is 0 Å². The summed E-state index contributed by atoms with van der Waals surface area (Å²) in [7, 11) is 0. The average Bonchev–Trinajstić information content (AvgIpc) is 2.36. The lowest BCUT2D eigenvalue weighted by Crippen LogP contribution is -2.18. The first-order valence-electron chi connectivity index (χ1n) is 4.84. The molecule has 0 atom stereocenters. The smallest absolute Gasteiger partial charge is 0.266 e. The summed E-state index contributed by atoms with van der Waals surface area (Å²) >= 11 is 11.4. The second kappa shape index (κ2) is 5.17. The number of rotatable bonds is 2. The van der Waals surface area contributed by atoms with Crippen LogP contribution >= 0.6 is 23.2 Å². The Labute approximate surface area is 108 Å². The van der Waals surface area contributed by atoms with Crippen LogP contribution in [0.3, 0.4) is 0 Å². The van der Waals surface area contributed by atoms with Gasteiger partial charge in [0.15, 0.2) is 0 Å². The van der Waals surface area contributed by atoms with E-state index in [1.165, 1.54) is 6.20 Å². The molecule has 2 aromatic rings. The van der Waals surface area contributed by atoms with Crippen LogP contribution in [-0.4, -0.2) is 9.78 Å². The Morgan fingerprint density at radius 1 is 1.18 bits per heavy atom. The van der Waals surface area contributed by atoms with Crippen LogP contribution in [0.2, 0.25) is 10.0 Å². The van der Waals surface area contributed by atoms with E-state index in [2.05, 4.69) is 5.10 Å². The molecule has 1 aromatic heterocycles. The Balaban J connectivity index is 2.35. The lowest BCUT2D eigenvalue weighted by atomic mass is 10.2. The van der Waals surface area contributed by atoms with Crippen molar-refractivity contribution in [2.75, 3.05) is 0 Å². The molecule has 86 valence electrons. The fourth-order valence-corrected chi connectivity index (χ4v) is 1.51. The number of hydrogen-bond donors (Lipinski definition) is 0. The molecule has 0 amide bonds. The molecule has 0 spiro atoms. The third kappa shape index (κ3) is 2.75. The van der Waals surface area contributed by atoms with E-state index in [-0.39, 0.29) is 10.0 Å². The zero-order chi connectivity index (χ0) is 12.3. The van der Waals surface area contributed by atoms with Crippen molar-refractivity contribution in [1.82, 2.24) is 9.78 Å². The normalized spacial score (nSPS) is 10.9. The van der Waals surface area contributed by atoms with Crippen molar-refractivity contribution in [2.24, 2.45) is 0 Å². The van der Waals surface area contributed by atoms with Gasteiger partial charge in [0.1, 0.15) is 5.02 Å². The minimum atomic E-state index is -0.439. The zero-order valence-corrected chi connectivity index (χ0v) is 10.2. The van der Waals surface area contributed by atoms with Crippen molar-refractivity contribution >= 4 is 35.5 Å². The van der Waals surface area contributed by atoms with E-state index in [1.54, 1.807) is 12.3 Å². The van der Waals surface area contributed by atoms with Gasteiger partial charge in [0.05, 0.1) is 11.2 Å². The van der Waals surface area contributed by atoms with Crippen molar-refractivity contribution in [3.8, 4) is 0 Å². The number of hydrogen-bond acceptors (Lipinski definition) is 2. The van der Waals surface area contributed by atoms with Crippen molar-refractivity contribution in [1.29, 1.82) is 0 Å². The minimum Gasteiger partial charge on any atom is -0.266 e. The largest absolute Gasteiger partial charge is 0.291 e. The molecule has 0 N–H and O–H groups in total. The zero-order valence-electron chi connectivity index (χ0n) is 8.68. The molecule has 0 unspecified atom stereocenters. The number of benzene rings is 1. The van der Waals surface area contributed by atoms with Crippen molar-refractivity contribution in [3.05, 3.63) is 62.5 Å². The van der Waals surface area contributed by atoms with Gasteiger partial charge in [0.25, 0.3) is 5.56 Å². The van der Waals surface area contributed by atoms with Gasteiger partial charge in [-0.15, -0.1) is 0 Å². The van der Waals surface area contributed by atoms with E-state index in [0.717, 1.165) is 10.2 Å². The number of nitrogens with zero attached hydrogens (tertiary/aromatic N) is 2. The van der Waals surface area contributed by atoms with E-state index in [0.29, 0.717) is 0 Å². The van der Waals surface area contributed by atoms with E-state index in [9.17, 15) is 4.79 Å². The molecule has 0 aliphatic carbocycles. The molecule has 0 bridgehead atoms. The average molecular weight is 267 g/mol. The monoisotopic (exact) mass is 266 g/mol. The first-order chi connectivity index (χ1) is 8.18. The summed E-state index contributed by atoms with van der Waals surface area (Å²) < 4.78 is 1.14. The van der Waals surface area contributed by atoms with Gasteiger partial charge >= 0.3 is 0 Å². The summed E-state index contributed by atoms with van der Waals surface area (Å²) in [5.74, 6) is 0. The van der Waals surface area contributed by atoms with Crippen molar-refractivity contribution in [3.63, 3.8) is 0 Å². The molecule has 17 heavy (non-hydrogen) atoms. The molecule has 0 aliphatic rings. The molecule has 0 aliphatic heterocycles. The van der Waals surface area contributed by atoms with Crippen LogP contribution in [0.25, 0.3) is 12.3 Å². The second-order valence-electron chi connectivity index (χ2n) is 3.28. The Morgan fingerprint density at radius 3 is 2.59 bits per heavy atom. The Kier molecular flexibility index (Phi) is 3.61. The van der Waals surface area contributed by atoms with Gasteiger partial charge in [-0.25, -0.2) is 4.68 Å². The van der Waals surface area contributed by atoms with Crippen molar-refractivity contribution < 1.29 is 0 Å². The van der Waals surface area contributed by atoms with Gasteiger partial charge in [-0.05, 0) is 11.6 Å². The van der Waals surface area contributed by atoms with E-state index in [4.69, 9.17) is 23.2 Å². The summed E-state index contributed by atoms with van der Waals surface area (Å²) in [6.45, 7) is 0. The predicted octanol–water partition coefficient (Wildman–Crippen LogP) is 3.18. The van der Waals surface area contributed by atoms with Crippen LogP contribution < -0.4 is 5.56 Å². The first kappa shape index (κ1) is 11.9. The third-order valence-corrected chi connectivity index (χ3v) is 2.86.